The van der Waals surface area contributed by atoms with Crippen molar-refractivity contribution in [1.29, 1.82) is 0 Å². The van der Waals surface area contributed by atoms with Gasteiger partial charge in [-0.15, -0.1) is 0 Å². The summed E-state index contributed by atoms with van der Waals surface area (Å²) in [5, 5.41) is 0. The number of amides is 1. The van der Waals surface area contributed by atoms with Crippen molar-refractivity contribution >= 4 is 5.91 Å². The van der Waals surface area contributed by atoms with Gasteiger partial charge in [0.1, 0.15) is 0 Å². The number of carbonyl (C=O) groups excluding carboxylic acids is 1. The SMILES string of the molecule is COCCC(N)C(=O)N(C)Cc1ccccc1C. The lowest BCUT2D eigenvalue weighted by molar-refractivity contribution is -0.132. The van der Waals surface area contributed by atoms with E-state index in [2.05, 4.69) is 0 Å². The molecule has 0 aliphatic heterocycles. The van der Waals surface area contributed by atoms with Crippen LogP contribution in [0.2, 0.25) is 0 Å². The van der Waals surface area contributed by atoms with Crippen LogP contribution in [0.1, 0.15) is 17.5 Å². The largest absolute Gasteiger partial charge is 0.385 e. The summed E-state index contributed by atoms with van der Waals surface area (Å²) >= 11 is 0. The normalized spacial score (nSPS) is 12.2. The molecule has 0 bridgehead atoms. The number of hydrogen-bond donors (Lipinski definition) is 1. The highest BCUT2D eigenvalue weighted by molar-refractivity contribution is 5.81. The van der Waals surface area contributed by atoms with Crippen molar-refractivity contribution in [3.8, 4) is 0 Å². The summed E-state index contributed by atoms with van der Waals surface area (Å²) in [6.45, 7) is 3.13. The molecule has 1 rings (SSSR count). The molecule has 0 spiro atoms. The minimum atomic E-state index is -0.487. The zero-order valence-corrected chi connectivity index (χ0v) is 11.3. The van der Waals surface area contributed by atoms with Crippen LogP contribution in [0.15, 0.2) is 24.3 Å². The lowest BCUT2D eigenvalue weighted by Crippen LogP contribution is -2.42. The average Bonchev–Trinajstić information content (AvgIpc) is 2.37. The molecule has 0 heterocycles. The standard InChI is InChI=1S/C14H22N2O2/c1-11-6-4-5-7-12(11)10-16(2)14(17)13(15)8-9-18-3/h4-7,13H,8-10,15H2,1-3H3. The van der Waals surface area contributed by atoms with E-state index in [1.165, 1.54) is 5.56 Å². The number of hydrogen-bond acceptors (Lipinski definition) is 3. The molecule has 1 amide bonds. The first-order valence-electron chi connectivity index (χ1n) is 6.10. The Morgan fingerprint density at radius 1 is 1.44 bits per heavy atom. The number of likely N-dealkylation sites (N-methyl/N-ethyl adjacent to an activating group) is 1. The summed E-state index contributed by atoms with van der Waals surface area (Å²) in [4.78, 5) is 13.7. The zero-order chi connectivity index (χ0) is 13.5. The Kier molecular flexibility index (Phi) is 5.82. The van der Waals surface area contributed by atoms with Crippen LogP contribution in [0.3, 0.4) is 0 Å². The van der Waals surface area contributed by atoms with Gasteiger partial charge in [-0.05, 0) is 24.5 Å². The summed E-state index contributed by atoms with van der Waals surface area (Å²) in [6, 6.07) is 7.55. The van der Waals surface area contributed by atoms with Crippen molar-refractivity contribution in [3.05, 3.63) is 35.4 Å². The maximum atomic E-state index is 12.0. The van der Waals surface area contributed by atoms with Crippen LogP contribution in [0, 0.1) is 6.92 Å². The van der Waals surface area contributed by atoms with E-state index in [0.29, 0.717) is 19.6 Å². The van der Waals surface area contributed by atoms with Gasteiger partial charge in [0.15, 0.2) is 0 Å². The molecule has 0 radical (unpaired) electrons. The minimum absolute atomic E-state index is 0.0460. The van der Waals surface area contributed by atoms with Crippen molar-refractivity contribution in [2.75, 3.05) is 20.8 Å². The molecule has 1 aromatic rings. The van der Waals surface area contributed by atoms with Crippen molar-refractivity contribution < 1.29 is 9.53 Å². The predicted octanol–water partition coefficient (Wildman–Crippen LogP) is 1.32. The molecule has 2 N–H and O–H groups in total. The highest BCUT2D eigenvalue weighted by Gasteiger charge is 2.18. The fourth-order valence-electron chi connectivity index (χ4n) is 1.77. The van der Waals surface area contributed by atoms with Gasteiger partial charge >= 0.3 is 0 Å². The molecule has 0 saturated carbocycles. The Labute approximate surface area is 109 Å². The first kappa shape index (κ1) is 14.7. The molecule has 1 aromatic carbocycles. The smallest absolute Gasteiger partial charge is 0.239 e. The third-order valence-corrected chi connectivity index (χ3v) is 3.00. The fourth-order valence-corrected chi connectivity index (χ4v) is 1.77. The molecule has 0 saturated heterocycles. The predicted molar refractivity (Wildman–Crippen MR) is 72.1 cm³/mol. The van der Waals surface area contributed by atoms with E-state index in [4.69, 9.17) is 10.5 Å². The summed E-state index contributed by atoms with van der Waals surface area (Å²) in [7, 11) is 3.38. The van der Waals surface area contributed by atoms with Crippen LogP contribution < -0.4 is 5.73 Å². The molecule has 0 aliphatic rings. The zero-order valence-electron chi connectivity index (χ0n) is 11.3. The number of ether oxygens (including phenoxy) is 1. The first-order chi connectivity index (χ1) is 8.56. The van der Waals surface area contributed by atoms with Crippen LogP contribution in [0.25, 0.3) is 0 Å². The molecule has 4 nitrogen and oxygen atoms in total. The molecule has 0 fully saturated rings. The Bertz CT molecular complexity index is 393. The molecular formula is C14H22N2O2. The van der Waals surface area contributed by atoms with E-state index in [0.717, 1.165) is 5.56 Å². The molecule has 1 atom stereocenters. The van der Waals surface area contributed by atoms with Gasteiger partial charge in [0, 0.05) is 27.3 Å². The number of aryl methyl sites for hydroxylation is 1. The lowest BCUT2D eigenvalue weighted by atomic mass is 10.1. The van der Waals surface area contributed by atoms with Gasteiger partial charge in [-0.1, -0.05) is 24.3 Å². The average molecular weight is 250 g/mol. The van der Waals surface area contributed by atoms with Crippen molar-refractivity contribution in [2.24, 2.45) is 5.73 Å². The fraction of sp³-hybridized carbons (Fsp3) is 0.500. The van der Waals surface area contributed by atoms with Crippen LogP contribution in [0.5, 0.6) is 0 Å². The van der Waals surface area contributed by atoms with Crippen LogP contribution in [-0.2, 0) is 16.1 Å². The minimum Gasteiger partial charge on any atom is -0.385 e. The molecule has 100 valence electrons. The molecule has 0 aliphatic carbocycles. The second-order valence-corrected chi connectivity index (χ2v) is 4.51. The first-order valence-corrected chi connectivity index (χ1v) is 6.10. The van der Waals surface area contributed by atoms with Gasteiger partial charge in [0.05, 0.1) is 6.04 Å². The third-order valence-electron chi connectivity index (χ3n) is 3.00. The number of nitrogens with zero attached hydrogens (tertiary/aromatic N) is 1. The Hall–Kier alpha value is -1.39. The lowest BCUT2D eigenvalue weighted by Gasteiger charge is -2.22. The Morgan fingerprint density at radius 2 is 2.11 bits per heavy atom. The number of nitrogens with two attached hydrogens (primary N) is 1. The number of benzene rings is 1. The van der Waals surface area contributed by atoms with E-state index in [1.54, 1.807) is 19.1 Å². The number of carbonyl (C=O) groups is 1. The number of rotatable bonds is 6. The van der Waals surface area contributed by atoms with Gasteiger partial charge in [-0.3, -0.25) is 4.79 Å². The second-order valence-electron chi connectivity index (χ2n) is 4.51. The highest BCUT2D eigenvalue weighted by Crippen LogP contribution is 2.10. The van der Waals surface area contributed by atoms with Crippen LogP contribution >= 0.6 is 0 Å². The Balaban J connectivity index is 2.57. The van der Waals surface area contributed by atoms with Gasteiger partial charge < -0.3 is 15.4 Å². The quantitative estimate of drug-likeness (QED) is 0.828. The third kappa shape index (κ3) is 4.13. The second kappa shape index (κ2) is 7.13. The van der Waals surface area contributed by atoms with Crippen molar-refractivity contribution in [3.63, 3.8) is 0 Å². The van der Waals surface area contributed by atoms with E-state index < -0.39 is 6.04 Å². The maximum absolute atomic E-state index is 12.0. The van der Waals surface area contributed by atoms with Gasteiger partial charge in [-0.25, -0.2) is 0 Å². The monoisotopic (exact) mass is 250 g/mol. The van der Waals surface area contributed by atoms with Crippen LogP contribution in [0.4, 0.5) is 0 Å². The molecule has 1 unspecified atom stereocenters. The summed E-state index contributed by atoms with van der Waals surface area (Å²) in [6.07, 6.45) is 0.549. The van der Waals surface area contributed by atoms with Gasteiger partial charge in [0.25, 0.3) is 0 Å². The summed E-state index contributed by atoms with van der Waals surface area (Å²) in [5.41, 5.74) is 8.15. The van der Waals surface area contributed by atoms with Crippen LogP contribution in [-0.4, -0.2) is 37.6 Å². The van der Waals surface area contributed by atoms with Gasteiger partial charge in [-0.2, -0.15) is 0 Å². The maximum Gasteiger partial charge on any atom is 0.239 e. The van der Waals surface area contributed by atoms with E-state index >= 15 is 0 Å². The van der Waals surface area contributed by atoms with Gasteiger partial charge in [0.2, 0.25) is 5.91 Å². The molecule has 18 heavy (non-hydrogen) atoms. The van der Waals surface area contributed by atoms with Crippen molar-refractivity contribution in [1.82, 2.24) is 4.90 Å². The summed E-state index contributed by atoms with van der Waals surface area (Å²) < 4.78 is 4.93. The van der Waals surface area contributed by atoms with E-state index in [-0.39, 0.29) is 5.91 Å². The topological polar surface area (TPSA) is 55.6 Å². The summed E-state index contributed by atoms with van der Waals surface area (Å²) in [5.74, 6) is -0.0460. The molecule has 0 aromatic heterocycles. The van der Waals surface area contributed by atoms with E-state index in [1.807, 2.05) is 31.2 Å². The molecular weight excluding hydrogens is 228 g/mol. The van der Waals surface area contributed by atoms with Crippen molar-refractivity contribution in [2.45, 2.75) is 25.9 Å². The highest BCUT2D eigenvalue weighted by atomic mass is 16.5. The van der Waals surface area contributed by atoms with E-state index in [9.17, 15) is 4.79 Å². The Morgan fingerprint density at radius 3 is 2.72 bits per heavy atom. The number of methoxy groups -OCH3 is 1. The molecule has 4 heteroatoms.